The maximum absolute atomic E-state index is 12.4. The van der Waals surface area contributed by atoms with E-state index in [0.29, 0.717) is 18.0 Å². The minimum absolute atomic E-state index is 0.0515. The van der Waals surface area contributed by atoms with E-state index < -0.39 is 6.61 Å². The molecule has 0 atom stereocenters. The smallest absolute Gasteiger partial charge is 0.387 e. The Morgan fingerprint density at radius 2 is 1.96 bits per heavy atom. The van der Waals surface area contributed by atoms with Gasteiger partial charge in [0.15, 0.2) is 12.1 Å². The van der Waals surface area contributed by atoms with Crippen LogP contribution in [0.5, 0.6) is 5.75 Å². The molecule has 0 bridgehead atoms. The van der Waals surface area contributed by atoms with Gasteiger partial charge in [-0.3, -0.25) is 4.79 Å². The van der Waals surface area contributed by atoms with Crippen molar-refractivity contribution in [1.29, 1.82) is 0 Å². The molecule has 124 valence electrons. The quantitative estimate of drug-likeness (QED) is 0.813. The first kappa shape index (κ1) is 16.9. The minimum Gasteiger partial charge on any atom is -0.447 e. The molecule has 23 heavy (non-hydrogen) atoms. The number of alkyl halides is 2. The molecule has 2 rings (SSSR count). The summed E-state index contributed by atoms with van der Waals surface area (Å²) in [6.07, 6.45) is 1.26. The fraction of sp³-hybridized carbons (Fsp3) is 0.375. The van der Waals surface area contributed by atoms with Crippen molar-refractivity contribution in [1.82, 2.24) is 9.88 Å². The third kappa shape index (κ3) is 4.28. The van der Waals surface area contributed by atoms with Crippen LogP contribution in [-0.4, -0.2) is 29.5 Å². The molecule has 1 aromatic carbocycles. The van der Waals surface area contributed by atoms with Gasteiger partial charge in [0.05, 0.1) is 0 Å². The van der Waals surface area contributed by atoms with E-state index >= 15 is 0 Å². The first-order valence-corrected chi connectivity index (χ1v) is 7.11. The lowest BCUT2D eigenvalue weighted by molar-refractivity contribution is -0.0498. The van der Waals surface area contributed by atoms with Gasteiger partial charge in [0.2, 0.25) is 0 Å². The average molecular weight is 324 g/mol. The number of ether oxygens (including phenoxy) is 1. The monoisotopic (exact) mass is 324 g/mol. The molecule has 0 N–H and O–H groups in total. The zero-order valence-electron chi connectivity index (χ0n) is 13.1. The number of amides is 1. The number of halogens is 2. The molecular formula is C16H18F2N2O3. The number of oxazole rings is 1. The third-order valence-corrected chi connectivity index (χ3v) is 3.24. The van der Waals surface area contributed by atoms with Crippen molar-refractivity contribution in [2.24, 2.45) is 0 Å². The van der Waals surface area contributed by atoms with Crippen molar-refractivity contribution < 1.29 is 22.7 Å². The van der Waals surface area contributed by atoms with Gasteiger partial charge in [-0.05, 0) is 17.7 Å². The summed E-state index contributed by atoms with van der Waals surface area (Å²) in [7, 11) is 1.64. The zero-order valence-corrected chi connectivity index (χ0v) is 13.1. The fourth-order valence-electron chi connectivity index (χ4n) is 2.13. The molecule has 5 nitrogen and oxygen atoms in total. The van der Waals surface area contributed by atoms with E-state index in [4.69, 9.17) is 4.42 Å². The molecule has 2 aromatic rings. The number of hydrogen-bond donors (Lipinski definition) is 0. The van der Waals surface area contributed by atoms with Gasteiger partial charge in [0.1, 0.15) is 11.5 Å². The summed E-state index contributed by atoms with van der Waals surface area (Å²) in [6.45, 7) is 1.29. The van der Waals surface area contributed by atoms with E-state index in [0.717, 1.165) is 5.56 Å². The van der Waals surface area contributed by atoms with E-state index in [1.807, 2.05) is 13.8 Å². The molecule has 1 amide bonds. The van der Waals surface area contributed by atoms with Crippen LogP contribution in [0.4, 0.5) is 8.78 Å². The van der Waals surface area contributed by atoms with Crippen LogP contribution in [0.1, 0.15) is 41.6 Å². The predicted octanol–water partition coefficient (Wildman–Crippen LogP) is 3.67. The standard InChI is InChI=1S/C16H18F2N2O3/c1-10(2)14-13(19-9-22-14)15(21)20(3)8-11-4-6-12(7-5-11)23-16(17)18/h4-7,9-10,16H,8H2,1-3H3. The molecule has 0 radical (unpaired) electrons. The Bertz CT molecular complexity index is 654. The van der Waals surface area contributed by atoms with Gasteiger partial charge in [-0.2, -0.15) is 8.78 Å². The summed E-state index contributed by atoms with van der Waals surface area (Å²) >= 11 is 0. The molecule has 0 fully saturated rings. The molecule has 0 spiro atoms. The van der Waals surface area contributed by atoms with Crippen LogP contribution >= 0.6 is 0 Å². The van der Waals surface area contributed by atoms with Crippen molar-refractivity contribution in [3.05, 3.63) is 47.7 Å². The second-order valence-electron chi connectivity index (χ2n) is 5.40. The molecule has 0 aliphatic heterocycles. The fourth-order valence-corrected chi connectivity index (χ4v) is 2.13. The van der Waals surface area contributed by atoms with Crippen LogP contribution in [0.2, 0.25) is 0 Å². The number of benzene rings is 1. The van der Waals surface area contributed by atoms with Crippen LogP contribution in [-0.2, 0) is 6.54 Å². The topological polar surface area (TPSA) is 55.6 Å². The van der Waals surface area contributed by atoms with Gasteiger partial charge < -0.3 is 14.1 Å². The highest BCUT2D eigenvalue weighted by Crippen LogP contribution is 2.20. The summed E-state index contributed by atoms with van der Waals surface area (Å²) in [5.41, 5.74) is 1.08. The summed E-state index contributed by atoms with van der Waals surface area (Å²) < 4.78 is 33.8. The molecule has 0 saturated heterocycles. The van der Waals surface area contributed by atoms with Crippen molar-refractivity contribution in [3.8, 4) is 5.75 Å². The van der Waals surface area contributed by atoms with Gasteiger partial charge in [-0.15, -0.1) is 0 Å². The number of nitrogens with zero attached hydrogens (tertiary/aromatic N) is 2. The number of rotatable bonds is 6. The van der Waals surface area contributed by atoms with E-state index in [9.17, 15) is 13.6 Å². The molecule has 0 unspecified atom stereocenters. The average Bonchev–Trinajstić information content (AvgIpc) is 2.97. The van der Waals surface area contributed by atoms with E-state index in [1.165, 1.54) is 23.4 Å². The van der Waals surface area contributed by atoms with Crippen molar-refractivity contribution >= 4 is 5.91 Å². The maximum Gasteiger partial charge on any atom is 0.387 e. The minimum atomic E-state index is -2.85. The highest BCUT2D eigenvalue weighted by molar-refractivity contribution is 5.93. The number of hydrogen-bond acceptors (Lipinski definition) is 4. The summed E-state index contributed by atoms with van der Waals surface area (Å²) in [5.74, 6) is 0.421. The molecule has 1 aromatic heterocycles. The number of carbonyl (C=O) groups excluding carboxylic acids is 1. The number of carbonyl (C=O) groups is 1. The Labute approximate surface area is 132 Å². The Balaban J connectivity index is 2.04. The van der Waals surface area contributed by atoms with Crippen LogP contribution in [0.15, 0.2) is 35.1 Å². The Morgan fingerprint density at radius 3 is 2.52 bits per heavy atom. The molecular weight excluding hydrogens is 306 g/mol. The maximum atomic E-state index is 12.4. The van der Waals surface area contributed by atoms with E-state index in [2.05, 4.69) is 9.72 Å². The molecule has 0 aliphatic carbocycles. The predicted molar refractivity (Wildman–Crippen MR) is 79.5 cm³/mol. The third-order valence-electron chi connectivity index (χ3n) is 3.24. The first-order chi connectivity index (χ1) is 10.9. The van der Waals surface area contributed by atoms with Crippen molar-refractivity contribution in [2.75, 3.05) is 7.05 Å². The van der Waals surface area contributed by atoms with E-state index in [-0.39, 0.29) is 17.6 Å². The normalized spacial score (nSPS) is 11.1. The summed E-state index contributed by atoms with van der Waals surface area (Å²) in [5, 5.41) is 0. The Hall–Kier alpha value is -2.44. The second-order valence-corrected chi connectivity index (χ2v) is 5.40. The SMILES string of the molecule is CC(C)c1ocnc1C(=O)N(C)Cc1ccc(OC(F)F)cc1. The lowest BCUT2D eigenvalue weighted by atomic mass is 10.1. The van der Waals surface area contributed by atoms with E-state index in [1.54, 1.807) is 19.2 Å². The second kappa shape index (κ2) is 7.21. The molecule has 0 saturated carbocycles. The van der Waals surface area contributed by atoms with Crippen molar-refractivity contribution in [2.45, 2.75) is 32.9 Å². The Morgan fingerprint density at radius 1 is 1.30 bits per heavy atom. The first-order valence-electron chi connectivity index (χ1n) is 7.11. The lowest BCUT2D eigenvalue weighted by Crippen LogP contribution is -2.27. The Kier molecular flexibility index (Phi) is 5.31. The highest BCUT2D eigenvalue weighted by atomic mass is 19.3. The van der Waals surface area contributed by atoms with Crippen LogP contribution < -0.4 is 4.74 Å². The van der Waals surface area contributed by atoms with Crippen LogP contribution in [0.25, 0.3) is 0 Å². The molecule has 1 heterocycles. The van der Waals surface area contributed by atoms with Crippen LogP contribution in [0.3, 0.4) is 0 Å². The van der Waals surface area contributed by atoms with Gasteiger partial charge in [0, 0.05) is 19.5 Å². The summed E-state index contributed by atoms with van der Waals surface area (Å²) in [6, 6.07) is 6.15. The van der Waals surface area contributed by atoms with Crippen LogP contribution in [0, 0.1) is 0 Å². The summed E-state index contributed by atoms with van der Waals surface area (Å²) in [4.78, 5) is 17.9. The van der Waals surface area contributed by atoms with Gasteiger partial charge in [-0.25, -0.2) is 4.98 Å². The molecule has 0 aliphatic rings. The van der Waals surface area contributed by atoms with Gasteiger partial charge in [-0.1, -0.05) is 26.0 Å². The van der Waals surface area contributed by atoms with Gasteiger partial charge in [0.25, 0.3) is 5.91 Å². The zero-order chi connectivity index (χ0) is 17.0. The van der Waals surface area contributed by atoms with Gasteiger partial charge >= 0.3 is 6.61 Å². The van der Waals surface area contributed by atoms with Crippen molar-refractivity contribution in [3.63, 3.8) is 0 Å². The highest BCUT2D eigenvalue weighted by Gasteiger charge is 2.22. The molecule has 7 heteroatoms. The lowest BCUT2D eigenvalue weighted by Gasteiger charge is -2.17. The number of aromatic nitrogens is 1. The largest absolute Gasteiger partial charge is 0.447 e.